The maximum absolute atomic E-state index is 11.8. The number of rotatable bonds is 3. The quantitative estimate of drug-likeness (QED) is 0.701. The lowest BCUT2D eigenvalue weighted by Crippen LogP contribution is -2.34. The Balaban J connectivity index is 1.67. The lowest BCUT2D eigenvalue weighted by Gasteiger charge is -2.05. The number of amides is 2. The van der Waals surface area contributed by atoms with Crippen LogP contribution in [0.25, 0.3) is 11.1 Å². The number of carbonyl (C=O) groups is 2. The predicted octanol–water partition coefficient (Wildman–Crippen LogP) is 0.979. The van der Waals surface area contributed by atoms with Crippen molar-refractivity contribution in [2.45, 2.75) is 6.54 Å². The fourth-order valence-corrected chi connectivity index (χ4v) is 2.06. The van der Waals surface area contributed by atoms with E-state index in [2.05, 4.69) is 10.6 Å². The third kappa shape index (κ3) is 3.00. The van der Waals surface area contributed by atoms with Crippen LogP contribution in [0.15, 0.2) is 50.4 Å². The first-order valence-corrected chi connectivity index (χ1v) is 6.74. The first-order valence-electron chi connectivity index (χ1n) is 6.74. The topological polar surface area (TPSA) is 106 Å². The number of anilines is 1. The molecule has 3 aromatic rings. The summed E-state index contributed by atoms with van der Waals surface area (Å²) in [5.74, 6) is -2.09. The molecule has 118 valence electrons. The van der Waals surface area contributed by atoms with E-state index in [-0.39, 0.29) is 6.54 Å². The van der Waals surface area contributed by atoms with Crippen molar-refractivity contribution in [2.24, 2.45) is 7.05 Å². The molecule has 0 spiro atoms. The molecule has 3 rings (SSSR count). The highest BCUT2D eigenvalue weighted by Gasteiger charge is 2.14. The molecule has 0 unspecified atom stereocenters. The van der Waals surface area contributed by atoms with Crippen LogP contribution in [0, 0.1) is 0 Å². The van der Waals surface area contributed by atoms with Crippen molar-refractivity contribution < 1.29 is 18.4 Å². The second-order valence-electron chi connectivity index (χ2n) is 4.88. The molecule has 0 atom stereocenters. The van der Waals surface area contributed by atoms with E-state index in [4.69, 9.17) is 8.83 Å². The average molecular weight is 315 g/mol. The van der Waals surface area contributed by atoms with Crippen LogP contribution in [0.4, 0.5) is 5.69 Å². The Labute approximate surface area is 129 Å². The smallest absolute Gasteiger partial charge is 0.419 e. The van der Waals surface area contributed by atoms with Gasteiger partial charge in [-0.05, 0) is 18.2 Å². The Morgan fingerprint density at radius 2 is 2.04 bits per heavy atom. The molecule has 8 nitrogen and oxygen atoms in total. The molecule has 23 heavy (non-hydrogen) atoms. The molecule has 0 aliphatic rings. The molecular formula is C15H13N3O5. The minimum atomic E-state index is -0.814. The minimum absolute atomic E-state index is 0.190. The van der Waals surface area contributed by atoms with Crippen LogP contribution in [0.2, 0.25) is 0 Å². The molecule has 2 N–H and O–H groups in total. The molecule has 0 saturated heterocycles. The van der Waals surface area contributed by atoms with Gasteiger partial charge in [0.25, 0.3) is 0 Å². The zero-order valence-electron chi connectivity index (χ0n) is 12.2. The van der Waals surface area contributed by atoms with Gasteiger partial charge in [-0.2, -0.15) is 0 Å². The highest BCUT2D eigenvalue weighted by molar-refractivity contribution is 6.39. The van der Waals surface area contributed by atoms with Crippen LogP contribution in [-0.2, 0) is 23.2 Å². The molecule has 0 radical (unpaired) electrons. The van der Waals surface area contributed by atoms with Gasteiger partial charge in [0, 0.05) is 30.9 Å². The molecule has 2 amide bonds. The van der Waals surface area contributed by atoms with E-state index in [9.17, 15) is 14.4 Å². The van der Waals surface area contributed by atoms with E-state index < -0.39 is 17.6 Å². The highest BCUT2D eigenvalue weighted by Crippen LogP contribution is 2.17. The van der Waals surface area contributed by atoms with Crippen molar-refractivity contribution in [1.82, 2.24) is 9.88 Å². The van der Waals surface area contributed by atoms with Gasteiger partial charge in [-0.15, -0.1) is 0 Å². The van der Waals surface area contributed by atoms with Crippen LogP contribution >= 0.6 is 0 Å². The Hall–Kier alpha value is -3.29. The summed E-state index contributed by atoms with van der Waals surface area (Å²) >= 11 is 0. The van der Waals surface area contributed by atoms with Crippen molar-refractivity contribution in [2.75, 3.05) is 5.32 Å². The molecule has 2 heterocycles. The first-order chi connectivity index (χ1) is 11.0. The second-order valence-corrected chi connectivity index (χ2v) is 4.88. The van der Waals surface area contributed by atoms with Gasteiger partial charge in [0.2, 0.25) is 0 Å². The maximum atomic E-state index is 11.8. The highest BCUT2D eigenvalue weighted by atomic mass is 16.4. The van der Waals surface area contributed by atoms with Gasteiger partial charge in [0.1, 0.15) is 0 Å². The number of aromatic nitrogens is 1. The molecule has 0 aliphatic carbocycles. The number of aryl methyl sites for hydroxylation is 1. The second kappa shape index (κ2) is 5.84. The molecular weight excluding hydrogens is 302 g/mol. The molecule has 0 saturated carbocycles. The number of nitrogens with one attached hydrogen (secondary N) is 2. The SMILES string of the molecule is Cn1c(=O)oc2cc(NC(=O)C(=O)NCc3ccoc3)ccc21. The largest absolute Gasteiger partial charge is 0.472 e. The number of fused-ring (bicyclic) bond motifs is 1. The van der Waals surface area contributed by atoms with Crippen LogP contribution in [-0.4, -0.2) is 16.4 Å². The van der Waals surface area contributed by atoms with Crippen molar-refractivity contribution in [3.63, 3.8) is 0 Å². The zero-order valence-corrected chi connectivity index (χ0v) is 12.2. The standard InChI is InChI=1S/C15H13N3O5/c1-18-11-3-2-10(6-12(11)23-15(18)21)17-14(20)13(19)16-7-9-4-5-22-8-9/h2-6,8H,7H2,1H3,(H,16,19)(H,17,20). The number of hydrogen-bond acceptors (Lipinski definition) is 5. The first kappa shape index (κ1) is 14.6. The molecule has 1 aromatic carbocycles. The van der Waals surface area contributed by atoms with Gasteiger partial charge < -0.3 is 19.5 Å². The summed E-state index contributed by atoms with van der Waals surface area (Å²) in [7, 11) is 1.58. The van der Waals surface area contributed by atoms with Crippen LogP contribution in [0.5, 0.6) is 0 Å². The van der Waals surface area contributed by atoms with Gasteiger partial charge in [-0.25, -0.2) is 4.79 Å². The van der Waals surface area contributed by atoms with Gasteiger partial charge in [0.05, 0.1) is 18.0 Å². The third-order valence-electron chi connectivity index (χ3n) is 3.29. The Morgan fingerprint density at radius 1 is 1.22 bits per heavy atom. The molecule has 0 fully saturated rings. The molecule has 2 aromatic heterocycles. The monoisotopic (exact) mass is 315 g/mol. The summed E-state index contributed by atoms with van der Waals surface area (Å²) < 4.78 is 11.2. The maximum Gasteiger partial charge on any atom is 0.419 e. The van der Waals surface area contributed by atoms with E-state index in [0.717, 1.165) is 5.56 Å². The summed E-state index contributed by atoms with van der Waals surface area (Å²) in [4.78, 5) is 35.0. The van der Waals surface area contributed by atoms with Crippen molar-refractivity contribution in [3.8, 4) is 0 Å². The minimum Gasteiger partial charge on any atom is -0.472 e. The van der Waals surface area contributed by atoms with Crippen LogP contribution < -0.4 is 16.4 Å². The normalized spacial score (nSPS) is 10.7. The lowest BCUT2D eigenvalue weighted by atomic mass is 10.2. The number of hydrogen-bond donors (Lipinski definition) is 2. The number of carbonyl (C=O) groups excluding carboxylic acids is 2. The van der Waals surface area contributed by atoms with Gasteiger partial charge in [0.15, 0.2) is 5.58 Å². The van der Waals surface area contributed by atoms with Crippen molar-refractivity contribution in [1.29, 1.82) is 0 Å². The number of nitrogens with zero attached hydrogens (tertiary/aromatic N) is 1. The average Bonchev–Trinajstić information content (AvgIpc) is 3.14. The fourth-order valence-electron chi connectivity index (χ4n) is 2.06. The van der Waals surface area contributed by atoms with Crippen LogP contribution in [0.3, 0.4) is 0 Å². The summed E-state index contributed by atoms with van der Waals surface area (Å²) in [6, 6.07) is 6.37. The zero-order chi connectivity index (χ0) is 16.4. The van der Waals surface area contributed by atoms with E-state index in [1.165, 1.54) is 23.2 Å². The van der Waals surface area contributed by atoms with Gasteiger partial charge >= 0.3 is 17.6 Å². The van der Waals surface area contributed by atoms with Gasteiger partial charge in [-0.3, -0.25) is 14.2 Å². The van der Waals surface area contributed by atoms with E-state index in [1.54, 1.807) is 25.2 Å². The fraction of sp³-hybridized carbons (Fsp3) is 0.133. The Morgan fingerprint density at radius 3 is 2.78 bits per heavy atom. The van der Waals surface area contributed by atoms with Gasteiger partial charge in [-0.1, -0.05) is 0 Å². The van der Waals surface area contributed by atoms with Crippen LogP contribution in [0.1, 0.15) is 5.56 Å². The summed E-state index contributed by atoms with van der Waals surface area (Å²) in [5.41, 5.74) is 2.03. The van der Waals surface area contributed by atoms with Crippen molar-refractivity contribution >= 4 is 28.6 Å². The number of furan rings is 1. The number of oxazole rings is 1. The third-order valence-corrected chi connectivity index (χ3v) is 3.29. The number of benzene rings is 1. The molecule has 8 heteroatoms. The summed E-state index contributed by atoms with van der Waals surface area (Å²) in [6.45, 7) is 0.190. The Bertz CT molecular complexity index is 920. The molecule has 0 aliphatic heterocycles. The van der Waals surface area contributed by atoms with E-state index >= 15 is 0 Å². The lowest BCUT2D eigenvalue weighted by molar-refractivity contribution is -0.136. The van der Waals surface area contributed by atoms with Crippen molar-refractivity contribution in [3.05, 3.63) is 52.9 Å². The molecule has 0 bridgehead atoms. The summed E-state index contributed by atoms with van der Waals surface area (Å²) in [5, 5.41) is 4.91. The van der Waals surface area contributed by atoms with E-state index in [1.807, 2.05) is 0 Å². The van der Waals surface area contributed by atoms with E-state index in [0.29, 0.717) is 16.8 Å². The predicted molar refractivity (Wildman–Crippen MR) is 80.6 cm³/mol. The Kier molecular flexibility index (Phi) is 3.71. The summed E-state index contributed by atoms with van der Waals surface area (Å²) in [6.07, 6.45) is 2.95.